The minimum atomic E-state index is 0.205. The van der Waals surface area contributed by atoms with Crippen LogP contribution >= 0.6 is 11.6 Å². The predicted molar refractivity (Wildman–Crippen MR) is 37.7 cm³/mol. The highest BCUT2D eigenvalue weighted by Gasteiger charge is 2.19. The van der Waals surface area contributed by atoms with Crippen molar-refractivity contribution in [3.8, 4) is 0 Å². The Balaban J connectivity index is 2.09. The van der Waals surface area contributed by atoms with E-state index in [1.807, 2.05) is 0 Å². The molecule has 0 N–H and O–H groups in total. The molecule has 9 heavy (non-hydrogen) atoms. The highest BCUT2D eigenvalue weighted by molar-refractivity contribution is 6.27. The molecule has 0 aromatic carbocycles. The van der Waals surface area contributed by atoms with Gasteiger partial charge in [0.15, 0.2) is 0 Å². The van der Waals surface area contributed by atoms with Crippen molar-refractivity contribution in [3.05, 3.63) is 0 Å². The molecule has 0 saturated heterocycles. The second-order valence-corrected chi connectivity index (χ2v) is 2.94. The zero-order chi connectivity index (χ0) is 6.69. The highest BCUT2D eigenvalue weighted by Crippen LogP contribution is 2.29. The largest absolute Gasteiger partial charge is 0.298 e. The molecule has 1 saturated carbocycles. The Kier molecular flexibility index (Phi) is 2.52. The van der Waals surface area contributed by atoms with E-state index in [1.54, 1.807) is 0 Å². The van der Waals surface area contributed by atoms with Crippen LogP contribution in [-0.4, -0.2) is 11.7 Å². The first kappa shape index (κ1) is 7.07. The van der Waals surface area contributed by atoms with Crippen molar-refractivity contribution in [1.82, 2.24) is 0 Å². The number of halogens is 1. The van der Waals surface area contributed by atoms with E-state index in [-0.39, 0.29) is 11.7 Å². The Morgan fingerprint density at radius 3 is 2.56 bits per heavy atom. The Bertz CT molecular complexity index is 107. The fraction of sp³-hybridized carbons (Fsp3) is 0.857. The third-order valence-electron chi connectivity index (χ3n) is 1.89. The van der Waals surface area contributed by atoms with E-state index >= 15 is 0 Å². The third kappa shape index (κ3) is 1.98. The van der Waals surface area contributed by atoms with Crippen molar-refractivity contribution >= 4 is 17.4 Å². The number of carbonyl (C=O) groups excluding carboxylic acids is 1. The molecule has 1 nitrogen and oxygen atoms in total. The van der Waals surface area contributed by atoms with Crippen LogP contribution in [0.25, 0.3) is 0 Å². The van der Waals surface area contributed by atoms with Crippen molar-refractivity contribution in [1.29, 1.82) is 0 Å². The third-order valence-corrected chi connectivity index (χ3v) is 2.19. The van der Waals surface area contributed by atoms with Crippen LogP contribution in [0, 0.1) is 5.92 Å². The standard InChI is InChI=1S/C7H11ClO/c8-5-7(9)4-6-2-1-3-6/h6H,1-5H2. The number of carbonyl (C=O) groups is 1. The lowest BCUT2D eigenvalue weighted by molar-refractivity contribution is -0.118. The zero-order valence-corrected chi connectivity index (χ0v) is 6.16. The molecule has 0 amide bonds. The molecule has 0 bridgehead atoms. The van der Waals surface area contributed by atoms with Crippen LogP contribution in [0.4, 0.5) is 0 Å². The smallest absolute Gasteiger partial charge is 0.147 e. The molecule has 0 spiro atoms. The number of ketones is 1. The summed E-state index contributed by atoms with van der Waals surface area (Å²) < 4.78 is 0. The number of hydrogen-bond donors (Lipinski definition) is 0. The average molecular weight is 147 g/mol. The molecule has 0 aliphatic heterocycles. The summed E-state index contributed by atoms with van der Waals surface area (Å²) in [5.74, 6) is 1.09. The van der Waals surface area contributed by atoms with Gasteiger partial charge in [-0.05, 0) is 5.92 Å². The molecule has 1 aliphatic carbocycles. The zero-order valence-electron chi connectivity index (χ0n) is 5.40. The Hall–Kier alpha value is -0.0400. The maximum Gasteiger partial charge on any atom is 0.147 e. The topological polar surface area (TPSA) is 17.1 Å². The van der Waals surface area contributed by atoms with E-state index in [1.165, 1.54) is 19.3 Å². The van der Waals surface area contributed by atoms with Gasteiger partial charge in [0.2, 0.25) is 0 Å². The lowest BCUT2D eigenvalue weighted by Crippen LogP contribution is -2.16. The molecule has 52 valence electrons. The van der Waals surface area contributed by atoms with Gasteiger partial charge in [-0.2, -0.15) is 0 Å². The van der Waals surface area contributed by atoms with Gasteiger partial charge in [0.1, 0.15) is 5.78 Å². The number of alkyl halides is 1. The fourth-order valence-corrected chi connectivity index (χ4v) is 1.18. The van der Waals surface area contributed by atoms with Crippen LogP contribution in [0.15, 0.2) is 0 Å². The minimum Gasteiger partial charge on any atom is -0.298 e. The molecule has 1 fully saturated rings. The summed E-state index contributed by atoms with van der Waals surface area (Å²) >= 11 is 5.33. The van der Waals surface area contributed by atoms with E-state index in [0.29, 0.717) is 5.92 Å². The molecule has 1 rings (SSSR count). The van der Waals surface area contributed by atoms with Gasteiger partial charge in [-0.3, -0.25) is 4.79 Å². The first-order valence-electron chi connectivity index (χ1n) is 3.40. The first-order valence-corrected chi connectivity index (χ1v) is 3.94. The van der Waals surface area contributed by atoms with Crippen molar-refractivity contribution in [2.24, 2.45) is 5.92 Å². The van der Waals surface area contributed by atoms with Crippen LogP contribution in [0.5, 0.6) is 0 Å². The van der Waals surface area contributed by atoms with Gasteiger partial charge in [0.25, 0.3) is 0 Å². The van der Waals surface area contributed by atoms with Gasteiger partial charge in [-0.15, -0.1) is 11.6 Å². The first-order chi connectivity index (χ1) is 4.33. The van der Waals surface area contributed by atoms with E-state index in [2.05, 4.69) is 0 Å². The normalized spacial score (nSPS) is 19.2. The van der Waals surface area contributed by atoms with Crippen LogP contribution < -0.4 is 0 Å². The summed E-state index contributed by atoms with van der Waals surface area (Å²) in [6, 6.07) is 0. The summed E-state index contributed by atoms with van der Waals surface area (Å²) in [5.41, 5.74) is 0. The van der Waals surface area contributed by atoms with E-state index < -0.39 is 0 Å². The number of hydrogen-bond acceptors (Lipinski definition) is 1. The van der Waals surface area contributed by atoms with Crippen molar-refractivity contribution in [2.75, 3.05) is 5.88 Å². The molecule has 0 atom stereocenters. The molecular weight excluding hydrogens is 136 g/mol. The van der Waals surface area contributed by atoms with Gasteiger partial charge >= 0.3 is 0 Å². The Morgan fingerprint density at radius 2 is 2.22 bits per heavy atom. The van der Waals surface area contributed by atoms with Crippen LogP contribution in [0.1, 0.15) is 25.7 Å². The molecule has 0 aromatic rings. The summed E-state index contributed by atoms with van der Waals surface area (Å²) in [6.07, 6.45) is 4.51. The molecule has 1 aliphatic rings. The molecule has 0 radical (unpaired) electrons. The fourth-order valence-electron chi connectivity index (χ4n) is 1.07. The second-order valence-electron chi connectivity index (χ2n) is 2.67. The summed E-state index contributed by atoms with van der Waals surface area (Å²) in [7, 11) is 0. The van der Waals surface area contributed by atoms with Crippen molar-refractivity contribution in [3.63, 3.8) is 0 Å². The monoisotopic (exact) mass is 146 g/mol. The number of rotatable bonds is 3. The average Bonchev–Trinajstić information content (AvgIpc) is 1.78. The summed E-state index contributed by atoms with van der Waals surface area (Å²) in [6.45, 7) is 0. The lowest BCUT2D eigenvalue weighted by Gasteiger charge is -2.23. The maximum absolute atomic E-state index is 10.7. The summed E-state index contributed by atoms with van der Waals surface area (Å²) in [4.78, 5) is 10.7. The summed E-state index contributed by atoms with van der Waals surface area (Å²) in [5, 5.41) is 0. The predicted octanol–water partition coefficient (Wildman–Crippen LogP) is 1.98. The van der Waals surface area contributed by atoms with Crippen LogP contribution in [-0.2, 0) is 4.79 Å². The van der Waals surface area contributed by atoms with Crippen molar-refractivity contribution < 1.29 is 4.79 Å². The minimum absolute atomic E-state index is 0.205. The van der Waals surface area contributed by atoms with Crippen LogP contribution in [0.3, 0.4) is 0 Å². The van der Waals surface area contributed by atoms with Gasteiger partial charge < -0.3 is 0 Å². The van der Waals surface area contributed by atoms with E-state index in [9.17, 15) is 4.79 Å². The molecule has 0 aromatic heterocycles. The number of Topliss-reactive ketones (excluding diaryl/α,β-unsaturated/α-hetero) is 1. The Labute approximate surface area is 60.4 Å². The van der Waals surface area contributed by atoms with Crippen molar-refractivity contribution in [2.45, 2.75) is 25.7 Å². The van der Waals surface area contributed by atoms with Gasteiger partial charge in [-0.1, -0.05) is 19.3 Å². The maximum atomic E-state index is 10.7. The van der Waals surface area contributed by atoms with Gasteiger partial charge in [0, 0.05) is 6.42 Å². The Morgan fingerprint density at radius 1 is 1.56 bits per heavy atom. The van der Waals surface area contributed by atoms with E-state index in [4.69, 9.17) is 11.6 Å². The van der Waals surface area contributed by atoms with Crippen LogP contribution in [0.2, 0.25) is 0 Å². The SMILES string of the molecule is O=C(CCl)CC1CCC1. The molecular formula is C7H11ClO. The molecule has 0 unspecified atom stereocenters. The van der Waals surface area contributed by atoms with Gasteiger partial charge in [-0.25, -0.2) is 0 Å². The van der Waals surface area contributed by atoms with E-state index in [0.717, 1.165) is 6.42 Å². The lowest BCUT2D eigenvalue weighted by atomic mass is 9.82. The quantitative estimate of drug-likeness (QED) is 0.557. The highest BCUT2D eigenvalue weighted by atomic mass is 35.5. The second kappa shape index (κ2) is 3.21. The van der Waals surface area contributed by atoms with Gasteiger partial charge in [0.05, 0.1) is 5.88 Å². The molecule has 2 heteroatoms. The molecule has 0 heterocycles.